The van der Waals surface area contributed by atoms with E-state index in [1.165, 1.54) is 12.5 Å². The van der Waals surface area contributed by atoms with Gasteiger partial charge in [0.05, 0.1) is 5.02 Å². The highest BCUT2D eigenvalue weighted by atomic mass is 35.5. The number of carbonyl (C=O) groups is 1. The molecule has 0 amide bonds. The number of halogens is 1. The van der Waals surface area contributed by atoms with E-state index in [-0.39, 0.29) is 5.78 Å². The molecule has 2 aromatic carbocycles. The van der Waals surface area contributed by atoms with Crippen molar-refractivity contribution in [3.63, 3.8) is 0 Å². The summed E-state index contributed by atoms with van der Waals surface area (Å²) in [5, 5.41) is 0.505. The Bertz CT molecular complexity index is 581. The lowest BCUT2D eigenvalue weighted by Gasteiger charge is -2.20. The second-order valence-electron chi connectivity index (χ2n) is 4.56. The molecule has 2 rings (SSSR count). The van der Waals surface area contributed by atoms with E-state index in [1.807, 2.05) is 37.4 Å². The smallest absolute Gasteiger partial charge is 0.161 e. The van der Waals surface area contributed by atoms with Gasteiger partial charge in [0.25, 0.3) is 0 Å². The zero-order valence-corrected chi connectivity index (χ0v) is 11.8. The van der Waals surface area contributed by atoms with Gasteiger partial charge < -0.3 is 4.90 Å². The van der Waals surface area contributed by atoms with Gasteiger partial charge >= 0.3 is 0 Å². The lowest BCUT2D eigenvalue weighted by molar-refractivity contribution is 0.101. The summed E-state index contributed by atoms with van der Waals surface area (Å²) in [6.45, 7) is 2.32. The van der Waals surface area contributed by atoms with Crippen molar-refractivity contribution in [3.05, 3.63) is 64.7 Å². The summed E-state index contributed by atoms with van der Waals surface area (Å²) in [5.74, 6) is -0.0118. The number of carbonyl (C=O) groups excluding carboxylic acids is 1. The molecule has 0 saturated carbocycles. The zero-order chi connectivity index (χ0) is 13.8. The molecule has 0 spiro atoms. The Labute approximate surface area is 118 Å². The van der Waals surface area contributed by atoms with Gasteiger partial charge in [0.1, 0.15) is 0 Å². The molecule has 0 heterocycles. The molecule has 0 radical (unpaired) electrons. The van der Waals surface area contributed by atoms with Crippen LogP contribution in [0.5, 0.6) is 0 Å². The first-order valence-electron chi connectivity index (χ1n) is 6.13. The maximum Gasteiger partial charge on any atom is 0.161 e. The highest BCUT2D eigenvalue weighted by molar-refractivity contribution is 6.34. The molecule has 0 aliphatic carbocycles. The van der Waals surface area contributed by atoms with Crippen LogP contribution >= 0.6 is 11.6 Å². The van der Waals surface area contributed by atoms with Crippen molar-refractivity contribution in [2.75, 3.05) is 11.9 Å². The molecule has 0 aliphatic heterocycles. The van der Waals surface area contributed by atoms with Crippen LogP contribution in [0.25, 0.3) is 0 Å². The van der Waals surface area contributed by atoms with Crippen LogP contribution in [0.4, 0.5) is 5.69 Å². The molecule has 0 unspecified atom stereocenters. The van der Waals surface area contributed by atoms with Crippen molar-refractivity contribution >= 4 is 23.1 Å². The summed E-state index contributed by atoms with van der Waals surface area (Å²) in [7, 11) is 2.01. The molecule has 2 aromatic rings. The largest absolute Gasteiger partial charge is 0.370 e. The standard InChI is InChI=1S/C16H16ClNO/c1-12(19)15-9-8-14(10-16(15)17)18(2)11-13-6-4-3-5-7-13/h3-10H,11H2,1-2H3. The Balaban J connectivity index is 2.18. The average Bonchev–Trinajstić information content (AvgIpc) is 2.39. The van der Waals surface area contributed by atoms with E-state index < -0.39 is 0 Å². The minimum absolute atomic E-state index is 0.0118. The predicted molar refractivity (Wildman–Crippen MR) is 80.0 cm³/mol. The average molecular weight is 274 g/mol. The molecule has 0 saturated heterocycles. The molecule has 0 N–H and O–H groups in total. The summed E-state index contributed by atoms with van der Waals surface area (Å²) in [6, 6.07) is 15.8. The summed E-state index contributed by atoms with van der Waals surface area (Å²) in [6.07, 6.45) is 0. The fourth-order valence-electron chi connectivity index (χ4n) is 1.98. The van der Waals surface area contributed by atoms with Gasteiger partial charge in [0.15, 0.2) is 5.78 Å². The fraction of sp³-hybridized carbons (Fsp3) is 0.188. The van der Waals surface area contributed by atoms with Crippen LogP contribution in [0, 0.1) is 0 Å². The van der Waals surface area contributed by atoms with Crippen LogP contribution < -0.4 is 4.90 Å². The summed E-state index contributed by atoms with van der Waals surface area (Å²) < 4.78 is 0. The van der Waals surface area contributed by atoms with Gasteiger partial charge in [0.2, 0.25) is 0 Å². The van der Waals surface area contributed by atoms with E-state index >= 15 is 0 Å². The van der Waals surface area contributed by atoms with Gasteiger partial charge in [-0.3, -0.25) is 4.79 Å². The minimum atomic E-state index is -0.0118. The maximum absolute atomic E-state index is 11.3. The van der Waals surface area contributed by atoms with Gasteiger partial charge in [-0.1, -0.05) is 41.9 Å². The van der Waals surface area contributed by atoms with Crippen molar-refractivity contribution in [2.24, 2.45) is 0 Å². The van der Waals surface area contributed by atoms with Crippen LogP contribution in [0.15, 0.2) is 48.5 Å². The molecule has 0 bridgehead atoms. The van der Waals surface area contributed by atoms with Crippen molar-refractivity contribution in [1.82, 2.24) is 0 Å². The second-order valence-corrected chi connectivity index (χ2v) is 4.97. The molecule has 2 nitrogen and oxygen atoms in total. The minimum Gasteiger partial charge on any atom is -0.370 e. The van der Waals surface area contributed by atoms with Crippen LogP contribution in [0.3, 0.4) is 0 Å². The van der Waals surface area contributed by atoms with E-state index in [2.05, 4.69) is 17.0 Å². The third kappa shape index (κ3) is 3.36. The molecule has 19 heavy (non-hydrogen) atoms. The van der Waals surface area contributed by atoms with E-state index in [4.69, 9.17) is 11.6 Å². The van der Waals surface area contributed by atoms with Gasteiger partial charge in [0, 0.05) is 24.8 Å². The van der Waals surface area contributed by atoms with E-state index in [9.17, 15) is 4.79 Å². The molecule has 0 aromatic heterocycles. The van der Waals surface area contributed by atoms with Gasteiger partial charge in [-0.15, -0.1) is 0 Å². The predicted octanol–water partition coefficient (Wildman–Crippen LogP) is 4.18. The monoisotopic (exact) mass is 273 g/mol. The quantitative estimate of drug-likeness (QED) is 0.779. The lowest BCUT2D eigenvalue weighted by Crippen LogP contribution is -2.16. The third-order valence-corrected chi connectivity index (χ3v) is 3.35. The molecule has 0 aliphatic rings. The van der Waals surface area contributed by atoms with Crippen molar-refractivity contribution < 1.29 is 4.79 Å². The van der Waals surface area contributed by atoms with Gasteiger partial charge in [-0.25, -0.2) is 0 Å². The highest BCUT2D eigenvalue weighted by Crippen LogP contribution is 2.24. The van der Waals surface area contributed by atoms with E-state index in [0.717, 1.165) is 12.2 Å². The maximum atomic E-state index is 11.3. The number of hydrogen-bond donors (Lipinski definition) is 0. The first-order chi connectivity index (χ1) is 9.08. The van der Waals surface area contributed by atoms with Gasteiger partial charge in [-0.2, -0.15) is 0 Å². The SMILES string of the molecule is CC(=O)c1ccc(N(C)Cc2ccccc2)cc1Cl. The molecular formula is C16H16ClNO. The number of ketones is 1. The van der Waals surface area contributed by atoms with Crippen molar-refractivity contribution in [1.29, 1.82) is 0 Å². The fourth-order valence-corrected chi connectivity index (χ4v) is 2.28. The number of Topliss-reactive ketones (excluding diaryl/α,β-unsaturated/α-hetero) is 1. The Kier molecular flexibility index (Phi) is 4.23. The zero-order valence-electron chi connectivity index (χ0n) is 11.1. The Morgan fingerprint density at radius 2 is 1.84 bits per heavy atom. The molecule has 0 fully saturated rings. The number of benzene rings is 2. The Morgan fingerprint density at radius 3 is 2.42 bits per heavy atom. The third-order valence-electron chi connectivity index (χ3n) is 3.04. The molecule has 98 valence electrons. The van der Waals surface area contributed by atoms with Crippen LogP contribution in [-0.2, 0) is 6.54 Å². The normalized spacial score (nSPS) is 10.3. The second kappa shape index (κ2) is 5.89. The number of hydrogen-bond acceptors (Lipinski definition) is 2. The van der Waals surface area contributed by atoms with Crippen LogP contribution in [-0.4, -0.2) is 12.8 Å². The molecule has 3 heteroatoms. The van der Waals surface area contributed by atoms with Gasteiger partial charge in [-0.05, 0) is 30.7 Å². The number of anilines is 1. The Morgan fingerprint density at radius 1 is 1.16 bits per heavy atom. The highest BCUT2D eigenvalue weighted by Gasteiger charge is 2.08. The lowest BCUT2D eigenvalue weighted by atomic mass is 10.1. The van der Waals surface area contributed by atoms with Crippen molar-refractivity contribution in [2.45, 2.75) is 13.5 Å². The number of nitrogens with zero attached hydrogens (tertiary/aromatic N) is 1. The summed E-state index contributed by atoms with van der Waals surface area (Å²) in [4.78, 5) is 13.4. The molecule has 0 atom stereocenters. The first kappa shape index (κ1) is 13.6. The topological polar surface area (TPSA) is 20.3 Å². The van der Waals surface area contributed by atoms with Crippen LogP contribution in [0.2, 0.25) is 5.02 Å². The first-order valence-corrected chi connectivity index (χ1v) is 6.51. The summed E-state index contributed by atoms with van der Waals surface area (Å²) in [5.41, 5.74) is 2.80. The van der Waals surface area contributed by atoms with E-state index in [1.54, 1.807) is 6.07 Å². The number of rotatable bonds is 4. The molecular weight excluding hydrogens is 258 g/mol. The summed E-state index contributed by atoms with van der Waals surface area (Å²) >= 11 is 6.12. The van der Waals surface area contributed by atoms with Crippen LogP contribution in [0.1, 0.15) is 22.8 Å². The van der Waals surface area contributed by atoms with Crippen molar-refractivity contribution in [3.8, 4) is 0 Å². The van der Waals surface area contributed by atoms with E-state index in [0.29, 0.717) is 10.6 Å². The Hall–Kier alpha value is -1.80.